The predicted molar refractivity (Wildman–Crippen MR) is 112 cm³/mol. The maximum absolute atomic E-state index is 14.2. The van der Waals surface area contributed by atoms with Crippen LogP contribution in [-0.4, -0.2) is 37.3 Å². The van der Waals surface area contributed by atoms with Crippen LogP contribution in [0.2, 0.25) is 0 Å². The summed E-state index contributed by atoms with van der Waals surface area (Å²) in [5.74, 6) is 0.639. The average Bonchev–Trinajstić information content (AvgIpc) is 3.09. The van der Waals surface area contributed by atoms with Crippen LogP contribution < -0.4 is 10.6 Å². The van der Waals surface area contributed by atoms with Crippen molar-refractivity contribution in [3.05, 3.63) is 36.3 Å². The van der Waals surface area contributed by atoms with Gasteiger partial charge in [0, 0.05) is 6.04 Å². The Morgan fingerprint density at radius 2 is 2.00 bits per heavy atom. The van der Waals surface area contributed by atoms with Gasteiger partial charge in [0.2, 0.25) is 11.9 Å². The SMILES string of the molecule is CC[C@H](CO)n1c(Nc2ccccc2F)nc2cnc(NC3CCCCC3)nc21. The number of para-hydroxylation sites is 1. The number of rotatable bonds is 7. The smallest absolute Gasteiger partial charge is 0.224 e. The Morgan fingerprint density at radius 3 is 2.72 bits per heavy atom. The van der Waals surface area contributed by atoms with Gasteiger partial charge in [-0.2, -0.15) is 4.98 Å². The zero-order chi connectivity index (χ0) is 20.2. The summed E-state index contributed by atoms with van der Waals surface area (Å²) in [6.07, 6.45) is 8.33. The minimum Gasteiger partial charge on any atom is -0.394 e. The minimum atomic E-state index is -0.367. The third-order valence-electron chi connectivity index (χ3n) is 5.54. The monoisotopic (exact) mass is 398 g/mol. The largest absolute Gasteiger partial charge is 0.394 e. The number of hydrogen-bond acceptors (Lipinski definition) is 6. The number of nitrogens with zero attached hydrogens (tertiary/aromatic N) is 4. The van der Waals surface area contributed by atoms with Crippen LogP contribution in [0.4, 0.5) is 22.0 Å². The Morgan fingerprint density at radius 1 is 1.21 bits per heavy atom. The zero-order valence-corrected chi connectivity index (χ0v) is 16.6. The molecule has 1 atom stereocenters. The summed E-state index contributed by atoms with van der Waals surface area (Å²) < 4.78 is 16.0. The molecule has 1 aromatic carbocycles. The first kappa shape index (κ1) is 19.6. The van der Waals surface area contributed by atoms with Crippen molar-refractivity contribution in [2.24, 2.45) is 0 Å². The molecule has 1 saturated carbocycles. The molecular formula is C21H27FN6O. The summed E-state index contributed by atoms with van der Waals surface area (Å²) in [6.45, 7) is 1.92. The van der Waals surface area contributed by atoms with Crippen molar-refractivity contribution in [2.75, 3.05) is 17.2 Å². The predicted octanol–water partition coefficient (Wildman–Crippen LogP) is 4.40. The van der Waals surface area contributed by atoms with E-state index in [2.05, 4.69) is 20.6 Å². The molecule has 0 aliphatic heterocycles. The van der Waals surface area contributed by atoms with Gasteiger partial charge in [-0.05, 0) is 31.4 Å². The van der Waals surface area contributed by atoms with Crippen LogP contribution in [-0.2, 0) is 0 Å². The van der Waals surface area contributed by atoms with E-state index in [0.29, 0.717) is 41.2 Å². The highest BCUT2D eigenvalue weighted by Gasteiger charge is 2.21. The van der Waals surface area contributed by atoms with Gasteiger partial charge in [-0.15, -0.1) is 0 Å². The third kappa shape index (κ3) is 4.17. The lowest BCUT2D eigenvalue weighted by Gasteiger charge is -2.23. The topological polar surface area (TPSA) is 87.9 Å². The first-order valence-corrected chi connectivity index (χ1v) is 10.3. The van der Waals surface area contributed by atoms with Gasteiger partial charge in [-0.1, -0.05) is 38.3 Å². The highest BCUT2D eigenvalue weighted by Crippen LogP contribution is 2.29. The fourth-order valence-corrected chi connectivity index (χ4v) is 3.90. The van der Waals surface area contributed by atoms with Gasteiger partial charge >= 0.3 is 0 Å². The Labute approximate surface area is 169 Å². The second kappa shape index (κ2) is 8.73. The number of aliphatic hydroxyl groups excluding tert-OH is 1. The van der Waals surface area contributed by atoms with E-state index in [1.54, 1.807) is 24.4 Å². The Hall–Kier alpha value is -2.74. The van der Waals surface area contributed by atoms with Crippen LogP contribution in [0.3, 0.4) is 0 Å². The number of imidazole rings is 1. The molecule has 3 aromatic rings. The van der Waals surface area contributed by atoms with Gasteiger partial charge in [0.25, 0.3) is 0 Å². The summed E-state index contributed by atoms with van der Waals surface area (Å²) in [5.41, 5.74) is 1.55. The Bertz CT molecular complexity index is 965. The van der Waals surface area contributed by atoms with Crippen molar-refractivity contribution in [3.8, 4) is 0 Å². The van der Waals surface area contributed by atoms with Crippen LogP contribution >= 0.6 is 0 Å². The molecule has 2 aromatic heterocycles. The lowest BCUT2D eigenvalue weighted by Crippen LogP contribution is -2.23. The molecule has 0 saturated heterocycles. The molecule has 0 unspecified atom stereocenters. The van der Waals surface area contributed by atoms with Crippen molar-refractivity contribution in [2.45, 2.75) is 57.5 Å². The maximum Gasteiger partial charge on any atom is 0.224 e. The summed E-state index contributed by atoms with van der Waals surface area (Å²) in [7, 11) is 0. The summed E-state index contributed by atoms with van der Waals surface area (Å²) in [6, 6.07) is 6.60. The van der Waals surface area contributed by atoms with Crippen molar-refractivity contribution < 1.29 is 9.50 Å². The molecule has 4 rings (SSSR count). The molecule has 0 bridgehead atoms. The highest BCUT2D eigenvalue weighted by molar-refractivity contribution is 5.76. The second-order valence-electron chi connectivity index (χ2n) is 7.54. The van der Waals surface area contributed by atoms with Crippen molar-refractivity contribution >= 4 is 28.7 Å². The molecule has 0 amide bonds. The average molecular weight is 398 g/mol. The molecule has 1 aliphatic carbocycles. The van der Waals surface area contributed by atoms with E-state index in [4.69, 9.17) is 4.98 Å². The van der Waals surface area contributed by atoms with E-state index in [0.717, 1.165) is 12.8 Å². The first-order valence-electron chi connectivity index (χ1n) is 10.3. The molecule has 7 nitrogen and oxygen atoms in total. The number of nitrogens with one attached hydrogen (secondary N) is 2. The number of aromatic nitrogens is 4. The van der Waals surface area contributed by atoms with Crippen LogP contribution in [0.15, 0.2) is 30.5 Å². The van der Waals surface area contributed by atoms with Gasteiger partial charge in [-0.25, -0.2) is 14.4 Å². The van der Waals surface area contributed by atoms with Gasteiger partial charge < -0.3 is 15.7 Å². The minimum absolute atomic E-state index is 0.0662. The molecule has 29 heavy (non-hydrogen) atoms. The fraction of sp³-hybridized carbons (Fsp3) is 0.476. The lowest BCUT2D eigenvalue weighted by molar-refractivity contribution is 0.228. The fourth-order valence-electron chi connectivity index (χ4n) is 3.90. The molecule has 2 heterocycles. The standard InChI is InChI=1S/C21H27FN6O/c1-2-15(13-29)28-19-18(26-21(28)25-17-11-7-6-10-16(17)22)12-23-20(27-19)24-14-8-4-3-5-9-14/h6-7,10-12,14-15,29H,2-5,8-9,13H2,1H3,(H,25,26)(H,23,24,27)/t15-/m1/s1. The van der Waals surface area contributed by atoms with Crippen molar-refractivity contribution in [1.82, 2.24) is 19.5 Å². The maximum atomic E-state index is 14.2. The van der Waals surface area contributed by atoms with Crippen LogP contribution in [0.25, 0.3) is 11.2 Å². The molecular weight excluding hydrogens is 371 g/mol. The first-order chi connectivity index (χ1) is 14.2. The normalized spacial score (nSPS) is 16.1. The van der Waals surface area contributed by atoms with E-state index in [9.17, 15) is 9.50 Å². The van der Waals surface area contributed by atoms with Crippen LogP contribution in [0.1, 0.15) is 51.5 Å². The molecule has 154 valence electrons. The molecule has 0 radical (unpaired) electrons. The Balaban J connectivity index is 1.72. The van der Waals surface area contributed by atoms with Gasteiger partial charge in [0.1, 0.15) is 11.3 Å². The lowest BCUT2D eigenvalue weighted by atomic mass is 9.96. The highest BCUT2D eigenvalue weighted by atomic mass is 19.1. The number of hydrogen-bond donors (Lipinski definition) is 3. The van der Waals surface area contributed by atoms with Crippen LogP contribution in [0.5, 0.6) is 0 Å². The van der Waals surface area contributed by atoms with Gasteiger partial charge in [0.15, 0.2) is 5.65 Å². The van der Waals surface area contributed by atoms with E-state index >= 15 is 0 Å². The second-order valence-corrected chi connectivity index (χ2v) is 7.54. The van der Waals surface area contributed by atoms with E-state index in [-0.39, 0.29) is 18.5 Å². The Kier molecular flexibility index (Phi) is 5.89. The summed E-state index contributed by atoms with van der Waals surface area (Å²) >= 11 is 0. The van der Waals surface area contributed by atoms with Gasteiger partial charge in [0.05, 0.1) is 24.5 Å². The molecule has 0 spiro atoms. The summed E-state index contributed by atoms with van der Waals surface area (Å²) in [5, 5.41) is 16.4. The van der Waals surface area contributed by atoms with Crippen molar-refractivity contribution in [1.29, 1.82) is 0 Å². The number of aliphatic hydroxyl groups is 1. The van der Waals surface area contributed by atoms with E-state index in [1.807, 2.05) is 11.5 Å². The quantitative estimate of drug-likeness (QED) is 0.547. The van der Waals surface area contributed by atoms with Gasteiger partial charge in [-0.3, -0.25) is 4.57 Å². The summed E-state index contributed by atoms with van der Waals surface area (Å²) in [4.78, 5) is 13.7. The number of anilines is 3. The van der Waals surface area contributed by atoms with E-state index in [1.165, 1.54) is 25.3 Å². The molecule has 1 aliphatic rings. The molecule has 8 heteroatoms. The molecule has 3 N–H and O–H groups in total. The zero-order valence-electron chi connectivity index (χ0n) is 16.6. The van der Waals surface area contributed by atoms with Crippen LogP contribution in [0, 0.1) is 5.82 Å². The third-order valence-corrected chi connectivity index (χ3v) is 5.54. The molecule has 1 fully saturated rings. The van der Waals surface area contributed by atoms with Crippen molar-refractivity contribution in [3.63, 3.8) is 0 Å². The number of halogens is 1. The number of benzene rings is 1. The number of fused-ring (bicyclic) bond motifs is 1. The van der Waals surface area contributed by atoms with E-state index < -0.39 is 0 Å².